The van der Waals surface area contributed by atoms with Crippen molar-refractivity contribution in [1.82, 2.24) is 24.4 Å². The van der Waals surface area contributed by atoms with Gasteiger partial charge in [0.15, 0.2) is 0 Å². The second kappa shape index (κ2) is 14.3. The first kappa shape index (κ1) is 37.0. The lowest BCUT2D eigenvalue weighted by Gasteiger charge is -2.56. The van der Waals surface area contributed by atoms with E-state index in [1.54, 1.807) is 48.9 Å². The van der Waals surface area contributed by atoms with E-state index in [0.29, 0.717) is 54.3 Å². The lowest BCUT2D eigenvalue weighted by atomic mass is 9.50. The number of nitrogens with zero attached hydrogens (tertiary/aromatic N) is 5. The molecule has 1 saturated heterocycles. The number of carbonyl (C=O) groups is 2. The van der Waals surface area contributed by atoms with Crippen LogP contribution in [0.5, 0.6) is 5.75 Å². The summed E-state index contributed by atoms with van der Waals surface area (Å²) in [6.07, 6.45) is 7.97. The SMILES string of the molecule is CCOc1cncc(-c2cnn(-c3cc(C(=O)N4CCN(c5ccc(C(=O)NS(=O)(=O)CC67CC8CC(CC(C8)C6)C7)cc5)CC4)cc(C(F)(F)F)c3)c2)c1. The second-order valence-corrected chi connectivity index (χ2v) is 17.4. The number of anilines is 1. The molecule has 9 rings (SSSR count). The van der Waals surface area contributed by atoms with Gasteiger partial charge in [-0.2, -0.15) is 18.3 Å². The van der Waals surface area contributed by atoms with E-state index in [9.17, 15) is 31.2 Å². The predicted molar refractivity (Wildman–Crippen MR) is 199 cm³/mol. The molecule has 55 heavy (non-hydrogen) atoms. The molecule has 3 heterocycles. The minimum atomic E-state index is -4.70. The number of hydrogen-bond acceptors (Lipinski definition) is 8. The highest BCUT2D eigenvalue weighted by Crippen LogP contribution is 2.60. The molecule has 4 aliphatic carbocycles. The number of rotatable bonds is 10. The first-order valence-corrected chi connectivity index (χ1v) is 20.4. The molecule has 0 spiro atoms. The van der Waals surface area contributed by atoms with Gasteiger partial charge >= 0.3 is 6.18 Å². The molecule has 2 aromatic carbocycles. The summed E-state index contributed by atoms with van der Waals surface area (Å²) in [4.78, 5) is 34.4. The van der Waals surface area contributed by atoms with E-state index in [4.69, 9.17) is 4.74 Å². The number of pyridine rings is 1. The maximum absolute atomic E-state index is 14.1. The fourth-order valence-corrected chi connectivity index (χ4v) is 11.4. The van der Waals surface area contributed by atoms with Crippen LogP contribution in [0.1, 0.15) is 71.7 Å². The van der Waals surface area contributed by atoms with E-state index in [0.717, 1.165) is 37.1 Å². The maximum Gasteiger partial charge on any atom is 0.416 e. The van der Waals surface area contributed by atoms with Gasteiger partial charge in [-0.1, -0.05) is 0 Å². The van der Waals surface area contributed by atoms with Gasteiger partial charge in [0.1, 0.15) is 5.75 Å². The third kappa shape index (κ3) is 7.94. The maximum atomic E-state index is 14.1. The van der Waals surface area contributed by atoms with Gasteiger partial charge in [-0.15, -0.1) is 0 Å². The summed E-state index contributed by atoms with van der Waals surface area (Å²) < 4.78 is 77.8. The quantitative estimate of drug-likeness (QED) is 0.191. The smallest absolute Gasteiger partial charge is 0.416 e. The predicted octanol–water partition coefficient (Wildman–Crippen LogP) is 6.59. The van der Waals surface area contributed by atoms with Crippen LogP contribution in [0.2, 0.25) is 0 Å². The molecule has 1 aliphatic heterocycles. The van der Waals surface area contributed by atoms with Gasteiger partial charge in [0.2, 0.25) is 10.0 Å². The summed E-state index contributed by atoms with van der Waals surface area (Å²) in [6.45, 7) is 3.61. The molecular weight excluding hydrogens is 734 g/mol. The van der Waals surface area contributed by atoms with Crippen LogP contribution in [0.3, 0.4) is 0 Å². The van der Waals surface area contributed by atoms with Gasteiger partial charge in [-0.05, 0) is 117 Å². The number of ether oxygens (including phenoxy) is 1. The monoisotopic (exact) mass is 776 g/mol. The summed E-state index contributed by atoms with van der Waals surface area (Å²) in [5.41, 5.74) is 1.08. The second-order valence-electron chi connectivity index (χ2n) is 15.7. The molecule has 11 nitrogen and oxygen atoms in total. The lowest BCUT2D eigenvalue weighted by molar-refractivity contribution is -0.137. The number of hydrogen-bond donors (Lipinski definition) is 1. The Kier molecular flexibility index (Phi) is 9.63. The van der Waals surface area contributed by atoms with Crippen LogP contribution in [0.4, 0.5) is 18.9 Å². The highest BCUT2D eigenvalue weighted by molar-refractivity contribution is 7.90. The van der Waals surface area contributed by atoms with Gasteiger partial charge in [-0.25, -0.2) is 17.8 Å². The van der Waals surface area contributed by atoms with Crippen molar-refractivity contribution in [3.63, 3.8) is 0 Å². The minimum absolute atomic E-state index is 0.00937. The number of piperazine rings is 1. The zero-order valence-corrected chi connectivity index (χ0v) is 31.3. The van der Waals surface area contributed by atoms with E-state index in [1.165, 1.54) is 41.1 Å². The number of halogens is 3. The van der Waals surface area contributed by atoms with Crippen molar-refractivity contribution in [2.75, 3.05) is 43.4 Å². The van der Waals surface area contributed by atoms with Crippen LogP contribution in [0.25, 0.3) is 16.8 Å². The van der Waals surface area contributed by atoms with Gasteiger partial charge in [0.05, 0.1) is 36.0 Å². The van der Waals surface area contributed by atoms with Gasteiger partial charge in [0, 0.05) is 66.5 Å². The zero-order chi connectivity index (χ0) is 38.5. The molecule has 0 unspecified atom stereocenters. The van der Waals surface area contributed by atoms with Gasteiger partial charge in [-0.3, -0.25) is 14.6 Å². The topological polar surface area (TPSA) is 127 Å². The fourth-order valence-electron chi connectivity index (χ4n) is 9.75. The number of alkyl halides is 3. The Morgan fingerprint density at radius 1 is 0.855 bits per heavy atom. The van der Waals surface area contributed by atoms with E-state index in [1.807, 2.05) is 11.8 Å². The molecule has 290 valence electrons. The highest BCUT2D eigenvalue weighted by atomic mass is 32.2. The third-order valence-electron chi connectivity index (χ3n) is 11.7. The highest BCUT2D eigenvalue weighted by Gasteiger charge is 2.52. The first-order valence-electron chi connectivity index (χ1n) is 18.8. The number of benzene rings is 2. The van der Waals surface area contributed by atoms with Crippen LogP contribution < -0.4 is 14.4 Å². The Hall–Kier alpha value is -4.92. The number of nitrogens with one attached hydrogen (secondary N) is 1. The number of amides is 2. The standard InChI is InChI=1S/C40H43F3N6O5S/c1-2-54-36-16-31(21-44-23-36)32-22-45-49(24-32)35-15-30(14-33(17-35)40(41,42)43)38(51)48-9-7-47(8-10-48)34-5-3-29(4-6-34)37(50)46-55(52,53)25-39-18-26-11-27(19-39)13-28(12-26)20-39/h3-6,14-17,21-24,26-28H,2,7-13,18-20,25H2,1H3,(H,46,50). The largest absolute Gasteiger partial charge is 0.492 e. The average molecular weight is 777 g/mol. The summed E-state index contributed by atoms with van der Waals surface area (Å²) in [7, 11) is -3.82. The molecule has 4 aromatic rings. The Labute approximate surface area is 317 Å². The van der Waals surface area contributed by atoms with Gasteiger partial charge in [0.25, 0.3) is 11.8 Å². The molecule has 4 saturated carbocycles. The molecule has 2 amide bonds. The molecule has 0 atom stereocenters. The van der Waals surface area contributed by atoms with E-state index >= 15 is 0 Å². The molecule has 2 aromatic heterocycles. The molecule has 1 N–H and O–H groups in total. The Bertz CT molecular complexity index is 2160. The lowest BCUT2D eigenvalue weighted by Crippen LogP contribution is -2.51. The normalized spacial score (nSPS) is 23.5. The van der Waals surface area contributed by atoms with Crippen molar-refractivity contribution >= 4 is 27.5 Å². The Morgan fingerprint density at radius 2 is 1.53 bits per heavy atom. The Morgan fingerprint density at radius 3 is 2.16 bits per heavy atom. The van der Waals surface area contributed by atoms with E-state index in [2.05, 4.69) is 14.8 Å². The van der Waals surface area contributed by atoms with E-state index in [-0.39, 0.29) is 41.1 Å². The van der Waals surface area contributed by atoms with Crippen LogP contribution in [-0.4, -0.2) is 78.4 Å². The van der Waals surface area contributed by atoms with Crippen molar-refractivity contribution in [1.29, 1.82) is 0 Å². The van der Waals surface area contributed by atoms with Crippen molar-refractivity contribution in [2.24, 2.45) is 23.2 Å². The fraction of sp³-hybridized carbons (Fsp3) is 0.450. The van der Waals surface area contributed by atoms with Crippen LogP contribution >= 0.6 is 0 Å². The average Bonchev–Trinajstić information content (AvgIpc) is 3.64. The van der Waals surface area contributed by atoms with Crippen molar-refractivity contribution in [2.45, 2.75) is 51.6 Å². The number of aromatic nitrogens is 3. The summed E-state index contributed by atoms with van der Waals surface area (Å²) in [5.74, 6) is 1.16. The van der Waals surface area contributed by atoms with Crippen molar-refractivity contribution in [3.8, 4) is 22.6 Å². The molecule has 5 fully saturated rings. The number of carbonyl (C=O) groups excluding carboxylic acids is 2. The number of sulfonamides is 1. The zero-order valence-electron chi connectivity index (χ0n) is 30.5. The summed E-state index contributed by atoms with van der Waals surface area (Å²) >= 11 is 0. The molecule has 15 heteroatoms. The van der Waals surface area contributed by atoms with Crippen molar-refractivity contribution in [3.05, 3.63) is 90.0 Å². The van der Waals surface area contributed by atoms with E-state index < -0.39 is 33.6 Å². The van der Waals surface area contributed by atoms with Crippen LogP contribution in [0.15, 0.2) is 73.3 Å². The van der Waals surface area contributed by atoms with Crippen molar-refractivity contribution < 1.29 is 35.9 Å². The Balaban J connectivity index is 0.903. The summed E-state index contributed by atoms with van der Waals surface area (Å²) in [6, 6.07) is 11.6. The molecular formula is C40H43F3N6O5S. The minimum Gasteiger partial charge on any atom is -0.492 e. The first-order chi connectivity index (χ1) is 26.2. The summed E-state index contributed by atoms with van der Waals surface area (Å²) in [5, 5.41) is 4.29. The van der Waals surface area contributed by atoms with Crippen LogP contribution in [-0.2, 0) is 16.2 Å². The van der Waals surface area contributed by atoms with Gasteiger partial charge < -0.3 is 14.5 Å². The molecule has 0 radical (unpaired) electrons. The van der Waals surface area contributed by atoms with Crippen LogP contribution in [0, 0.1) is 23.2 Å². The third-order valence-corrected chi connectivity index (χ3v) is 13.2. The molecule has 5 aliphatic rings. The molecule has 4 bridgehead atoms.